The maximum Gasteiger partial charge on any atom is 0.300 e. The van der Waals surface area contributed by atoms with E-state index in [0.717, 1.165) is 5.56 Å². The summed E-state index contributed by atoms with van der Waals surface area (Å²) >= 11 is 0. The Hall–Kier alpha value is -4.06. The van der Waals surface area contributed by atoms with Crippen LogP contribution in [0, 0.1) is 0 Å². The first-order valence-corrected chi connectivity index (χ1v) is 11.6. The molecule has 0 bridgehead atoms. The second-order valence-electron chi connectivity index (χ2n) is 8.62. The normalized spacial score (nSPS) is 17.2. The molecule has 1 N–H and O–H groups in total. The van der Waals surface area contributed by atoms with E-state index in [4.69, 9.17) is 9.47 Å². The molecule has 1 aliphatic rings. The van der Waals surface area contributed by atoms with E-state index in [2.05, 4.69) is 0 Å². The first-order valence-electron chi connectivity index (χ1n) is 11.6. The van der Waals surface area contributed by atoms with Crippen LogP contribution in [-0.2, 0) is 9.59 Å². The number of benzene rings is 3. The SMILES string of the molecule is CCOc1cccc(N2C(=O)C(=O)/C(=C(\O)c3ccc(OC)c(C(C)C)c3)C2c2ccccc2)c1. The molecule has 1 heterocycles. The van der Waals surface area contributed by atoms with Gasteiger partial charge in [0.05, 0.1) is 25.3 Å². The van der Waals surface area contributed by atoms with Gasteiger partial charge in [-0.1, -0.05) is 50.2 Å². The minimum absolute atomic E-state index is 0.0443. The van der Waals surface area contributed by atoms with Crippen LogP contribution in [0.5, 0.6) is 11.5 Å². The van der Waals surface area contributed by atoms with E-state index in [1.165, 1.54) is 4.90 Å². The summed E-state index contributed by atoms with van der Waals surface area (Å²) in [6.45, 7) is 6.40. The number of rotatable bonds is 7. The van der Waals surface area contributed by atoms with E-state index < -0.39 is 17.7 Å². The largest absolute Gasteiger partial charge is 0.507 e. The number of Topliss-reactive ketones (excluding diaryl/α,β-unsaturated/α-hetero) is 1. The Morgan fingerprint density at radius 1 is 1.00 bits per heavy atom. The third kappa shape index (κ3) is 4.52. The third-order valence-electron chi connectivity index (χ3n) is 6.09. The molecule has 180 valence electrons. The Bertz CT molecular complexity index is 1280. The molecule has 1 atom stereocenters. The Balaban J connectivity index is 1.92. The fraction of sp³-hybridized carbons (Fsp3) is 0.241. The van der Waals surface area contributed by atoms with E-state index in [9.17, 15) is 14.7 Å². The van der Waals surface area contributed by atoms with Crippen molar-refractivity contribution in [1.82, 2.24) is 0 Å². The van der Waals surface area contributed by atoms with Crippen LogP contribution >= 0.6 is 0 Å². The maximum absolute atomic E-state index is 13.4. The molecule has 1 unspecified atom stereocenters. The van der Waals surface area contributed by atoms with Gasteiger partial charge in [0, 0.05) is 17.3 Å². The summed E-state index contributed by atoms with van der Waals surface area (Å²) in [5.41, 5.74) is 2.63. The number of anilines is 1. The van der Waals surface area contributed by atoms with Crippen LogP contribution in [0.3, 0.4) is 0 Å². The Morgan fingerprint density at radius 3 is 2.40 bits per heavy atom. The summed E-state index contributed by atoms with van der Waals surface area (Å²) < 4.78 is 11.1. The van der Waals surface area contributed by atoms with Crippen LogP contribution in [-0.4, -0.2) is 30.5 Å². The number of carbonyl (C=O) groups is 2. The fourth-order valence-electron chi connectivity index (χ4n) is 4.43. The number of carbonyl (C=O) groups excluding carboxylic acids is 2. The van der Waals surface area contributed by atoms with E-state index in [0.29, 0.717) is 34.9 Å². The molecule has 0 spiro atoms. The van der Waals surface area contributed by atoms with E-state index in [-0.39, 0.29) is 17.3 Å². The summed E-state index contributed by atoms with van der Waals surface area (Å²) in [5.74, 6) is -0.233. The van der Waals surface area contributed by atoms with E-state index in [1.54, 1.807) is 43.5 Å². The molecular weight excluding hydrogens is 442 g/mol. The highest BCUT2D eigenvalue weighted by molar-refractivity contribution is 6.51. The molecular formula is C29H29NO5. The molecule has 1 fully saturated rings. The number of aliphatic hydroxyl groups excluding tert-OH is 1. The number of ketones is 1. The highest BCUT2D eigenvalue weighted by Gasteiger charge is 2.47. The number of ether oxygens (including phenoxy) is 2. The lowest BCUT2D eigenvalue weighted by Crippen LogP contribution is -2.29. The molecule has 1 saturated heterocycles. The van der Waals surface area contributed by atoms with Gasteiger partial charge in [-0.15, -0.1) is 0 Å². The van der Waals surface area contributed by atoms with Gasteiger partial charge in [-0.25, -0.2) is 0 Å². The number of aliphatic hydroxyl groups is 1. The van der Waals surface area contributed by atoms with Crippen molar-refractivity contribution in [2.75, 3.05) is 18.6 Å². The molecule has 0 saturated carbocycles. The molecule has 6 nitrogen and oxygen atoms in total. The lowest BCUT2D eigenvalue weighted by molar-refractivity contribution is -0.132. The molecule has 1 amide bonds. The molecule has 6 heteroatoms. The minimum atomic E-state index is -0.794. The molecule has 3 aromatic rings. The van der Waals surface area contributed by atoms with Crippen LogP contribution in [0.4, 0.5) is 5.69 Å². The van der Waals surface area contributed by atoms with Crippen LogP contribution in [0.15, 0.2) is 78.4 Å². The molecule has 35 heavy (non-hydrogen) atoms. The van der Waals surface area contributed by atoms with Gasteiger partial charge in [-0.2, -0.15) is 0 Å². The number of amides is 1. The van der Waals surface area contributed by atoms with Gasteiger partial charge in [0.2, 0.25) is 0 Å². The molecule has 1 aliphatic heterocycles. The van der Waals surface area contributed by atoms with Gasteiger partial charge in [0.1, 0.15) is 17.3 Å². The average molecular weight is 472 g/mol. The first-order chi connectivity index (χ1) is 16.9. The molecule has 3 aromatic carbocycles. The van der Waals surface area contributed by atoms with Gasteiger partial charge in [-0.05, 0) is 54.3 Å². The smallest absolute Gasteiger partial charge is 0.300 e. The van der Waals surface area contributed by atoms with Crippen LogP contribution in [0.25, 0.3) is 5.76 Å². The fourth-order valence-corrected chi connectivity index (χ4v) is 4.43. The van der Waals surface area contributed by atoms with Gasteiger partial charge >= 0.3 is 0 Å². The molecule has 4 rings (SSSR count). The van der Waals surface area contributed by atoms with Crippen molar-refractivity contribution < 1.29 is 24.2 Å². The van der Waals surface area contributed by atoms with Crippen molar-refractivity contribution >= 4 is 23.1 Å². The topological polar surface area (TPSA) is 76.1 Å². The third-order valence-corrected chi connectivity index (χ3v) is 6.09. The van der Waals surface area contributed by atoms with Crippen molar-refractivity contribution in [2.45, 2.75) is 32.7 Å². The number of nitrogens with zero attached hydrogens (tertiary/aromatic N) is 1. The minimum Gasteiger partial charge on any atom is -0.507 e. The first kappa shape index (κ1) is 24.1. The summed E-state index contributed by atoms with van der Waals surface area (Å²) in [5, 5.41) is 11.4. The highest BCUT2D eigenvalue weighted by Crippen LogP contribution is 2.43. The predicted molar refractivity (Wildman–Crippen MR) is 136 cm³/mol. The summed E-state index contributed by atoms with van der Waals surface area (Å²) in [6, 6.07) is 20.8. The second kappa shape index (κ2) is 10.1. The standard InChI is InChI=1S/C29H29NO5/c1-5-35-22-13-9-12-21(17-22)30-26(19-10-7-6-8-11-19)25(28(32)29(30)33)27(31)20-14-15-24(34-4)23(16-20)18(2)3/h6-18,26,31H,5H2,1-4H3/b27-25-. The summed E-state index contributed by atoms with van der Waals surface area (Å²) in [6.07, 6.45) is 0. The summed E-state index contributed by atoms with van der Waals surface area (Å²) in [4.78, 5) is 28.2. The lowest BCUT2D eigenvalue weighted by Gasteiger charge is -2.26. The number of hydrogen-bond acceptors (Lipinski definition) is 5. The van der Waals surface area contributed by atoms with Crippen molar-refractivity contribution in [3.8, 4) is 11.5 Å². The van der Waals surface area contributed by atoms with E-state index >= 15 is 0 Å². The average Bonchev–Trinajstić information content (AvgIpc) is 3.14. The van der Waals surface area contributed by atoms with Crippen molar-refractivity contribution in [2.24, 2.45) is 0 Å². The zero-order valence-electron chi connectivity index (χ0n) is 20.3. The molecule has 0 radical (unpaired) electrons. The zero-order chi connectivity index (χ0) is 25.1. The van der Waals surface area contributed by atoms with Crippen LogP contribution in [0.1, 0.15) is 49.4 Å². The zero-order valence-corrected chi connectivity index (χ0v) is 20.3. The second-order valence-corrected chi connectivity index (χ2v) is 8.62. The van der Waals surface area contributed by atoms with E-state index in [1.807, 2.05) is 57.2 Å². The maximum atomic E-state index is 13.4. The number of hydrogen-bond donors (Lipinski definition) is 1. The Morgan fingerprint density at radius 2 is 1.74 bits per heavy atom. The monoisotopic (exact) mass is 471 g/mol. The van der Waals surface area contributed by atoms with Crippen LogP contribution in [0.2, 0.25) is 0 Å². The van der Waals surface area contributed by atoms with Gasteiger partial charge in [-0.3, -0.25) is 14.5 Å². The Labute approximate surface area is 205 Å². The highest BCUT2D eigenvalue weighted by atomic mass is 16.5. The van der Waals surface area contributed by atoms with Crippen molar-refractivity contribution in [3.63, 3.8) is 0 Å². The molecule has 0 aliphatic carbocycles. The summed E-state index contributed by atoms with van der Waals surface area (Å²) in [7, 11) is 1.60. The van der Waals surface area contributed by atoms with Crippen molar-refractivity contribution in [3.05, 3.63) is 95.1 Å². The Kier molecular flexibility index (Phi) is 6.92. The predicted octanol–water partition coefficient (Wildman–Crippen LogP) is 5.84. The molecule has 0 aromatic heterocycles. The number of methoxy groups -OCH3 is 1. The van der Waals surface area contributed by atoms with Crippen molar-refractivity contribution in [1.29, 1.82) is 0 Å². The van der Waals surface area contributed by atoms with Gasteiger partial charge in [0.25, 0.3) is 11.7 Å². The quantitative estimate of drug-likeness (QED) is 0.266. The lowest BCUT2D eigenvalue weighted by atomic mass is 9.93. The van der Waals surface area contributed by atoms with Gasteiger partial charge in [0.15, 0.2) is 0 Å². The van der Waals surface area contributed by atoms with Gasteiger partial charge < -0.3 is 14.6 Å². The van der Waals surface area contributed by atoms with Crippen LogP contribution < -0.4 is 14.4 Å².